The summed E-state index contributed by atoms with van der Waals surface area (Å²) in [6.45, 7) is 11.0. The fourth-order valence-electron chi connectivity index (χ4n) is 2.39. The minimum Gasteiger partial charge on any atom is -0.355 e. The van der Waals surface area contributed by atoms with Crippen molar-refractivity contribution in [3.8, 4) is 0 Å². The maximum Gasteiger partial charge on any atom is 0.234 e. The number of carbonyl (C=O) groups excluding carboxylic acids is 1. The standard InChI is InChI=1S/C14H29N3O/c1-4-7-15-14(18)11-17-8-5-6-13(10-17)9-16-12(2)3/h12-13,16H,4-11H2,1-3H3,(H,15,18). The normalized spacial score (nSPS) is 21.2. The first-order valence-corrected chi connectivity index (χ1v) is 7.34. The van der Waals surface area contributed by atoms with Crippen molar-refractivity contribution >= 4 is 5.91 Å². The van der Waals surface area contributed by atoms with E-state index in [0.29, 0.717) is 18.5 Å². The van der Waals surface area contributed by atoms with Crippen LogP contribution in [0.1, 0.15) is 40.0 Å². The highest BCUT2D eigenvalue weighted by Gasteiger charge is 2.21. The van der Waals surface area contributed by atoms with Gasteiger partial charge in [0, 0.05) is 19.1 Å². The van der Waals surface area contributed by atoms with Gasteiger partial charge >= 0.3 is 0 Å². The van der Waals surface area contributed by atoms with Crippen LogP contribution in [0.25, 0.3) is 0 Å². The van der Waals surface area contributed by atoms with E-state index in [1.807, 2.05) is 0 Å². The Morgan fingerprint density at radius 1 is 1.44 bits per heavy atom. The largest absolute Gasteiger partial charge is 0.355 e. The predicted octanol–water partition coefficient (Wildman–Crippen LogP) is 1.22. The second kappa shape index (κ2) is 8.48. The number of nitrogens with one attached hydrogen (secondary N) is 2. The zero-order valence-corrected chi connectivity index (χ0v) is 12.2. The van der Waals surface area contributed by atoms with E-state index in [9.17, 15) is 4.79 Å². The third-order valence-electron chi connectivity index (χ3n) is 3.36. The highest BCUT2D eigenvalue weighted by Crippen LogP contribution is 2.15. The molecule has 0 aliphatic carbocycles. The number of carbonyl (C=O) groups is 1. The molecule has 2 N–H and O–H groups in total. The molecule has 0 spiro atoms. The number of piperidine rings is 1. The van der Waals surface area contributed by atoms with Crippen molar-refractivity contribution in [2.24, 2.45) is 5.92 Å². The molecule has 0 saturated carbocycles. The van der Waals surface area contributed by atoms with Crippen molar-refractivity contribution in [1.82, 2.24) is 15.5 Å². The topological polar surface area (TPSA) is 44.4 Å². The molecular weight excluding hydrogens is 226 g/mol. The summed E-state index contributed by atoms with van der Waals surface area (Å²) in [4.78, 5) is 14.0. The smallest absolute Gasteiger partial charge is 0.234 e. The number of amides is 1. The molecule has 1 unspecified atom stereocenters. The predicted molar refractivity (Wildman–Crippen MR) is 75.6 cm³/mol. The Bertz CT molecular complexity index is 243. The minimum atomic E-state index is 0.175. The third-order valence-corrected chi connectivity index (χ3v) is 3.36. The van der Waals surface area contributed by atoms with E-state index < -0.39 is 0 Å². The van der Waals surface area contributed by atoms with Crippen LogP contribution in [0.3, 0.4) is 0 Å². The van der Waals surface area contributed by atoms with Crippen LogP contribution in [0, 0.1) is 5.92 Å². The van der Waals surface area contributed by atoms with E-state index in [-0.39, 0.29) is 5.91 Å². The first-order chi connectivity index (χ1) is 8.61. The molecule has 0 bridgehead atoms. The molecular formula is C14H29N3O. The van der Waals surface area contributed by atoms with E-state index in [1.165, 1.54) is 12.8 Å². The molecule has 1 aliphatic rings. The first kappa shape index (κ1) is 15.4. The average Bonchev–Trinajstić information content (AvgIpc) is 2.34. The minimum absolute atomic E-state index is 0.175. The summed E-state index contributed by atoms with van der Waals surface area (Å²) in [6.07, 6.45) is 3.50. The zero-order valence-electron chi connectivity index (χ0n) is 12.2. The molecule has 1 heterocycles. The summed E-state index contributed by atoms with van der Waals surface area (Å²) in [7, 11) is 0. The molecule has 0 aromatic heterocycles. The number of nitrogens with zero attached hydrogens (tertiary/aromatic N) is 1. The third kappa shape index (κ3) is 6.36. The summed E-state index contributed by atoms with van der Waals surface area (Å²) in [5, 5.41) is 6.44. The van der Waals surface area contributed by atoms with Gasteiger partial charge in [-0.3, -0.25) is 9.69 Å². The maximum atomic E-state index is 11.7. The van der Waals surface area contributed by atoms with Gasteiger partial charge in [-0.05, 0) is 38.3 Å². The van der Waals surface area contributed by atoms with Crippen molar-refractivity contribution in [2.45, 2.75) is 46.1 Å². The fraction of sp³-hybridized carbons (Fsp3) is 0.929. The number of likely N-dealkylation sites (tertiary alicyclic amines) is 1. The second-order valence-electron chi connectivity index (χ2n) is 5.66. The van der Waals surface area contributed by atoms with Gasteiger partial charge in [0.25, 0.3) is 0 Å². The van der Waals surface area contributed by atoms with Gasteiger partial charge in [0.1, 0.15) is 0 Å². The molecule has 1 rings (SSSR count). The van der Waals surface area contributed by atoms with Crippen LogP contribution in [0.2, 0.25) is 0 Å². The Hall–Kier alpha value is -0.610. The van der Waals surface area contributed by atoms with Crippen LogP contribution in [0.5, 0.6) is 0 Å². The SMILES string of the molecule is CCCNC(=O)CN1CCCC(CNC(C)C)C1. The lowest BCUT2D eigenvalue weighted by molar-refractivity contribution is -0.122. The van der Waals surface area contributed by atoms with Crippen molar-refractivity contribution in [3.63, 3.8) is 0 Å². The van der Waals surface area contributed by atoms with Crippen LogP contribution in [0.15, 0.2) is 0 Å². The van der Waals surface area contributed by atoms with Crippen LogP contribution in [-0.4, -0.2) is 49.6 Å². The highest BCUT2D eigenvalue weighted by molar-refractivity contribution is 5.77. The molecule has 1 atom stereocenters. The zero-order chi connectivity index (χ0) is 13.4. The summed E-state index contributed by atoms with van der Waals surface area (Å²) < 4.78 is 0. The van der Waals surface area contributed by atoms with Crippen molar-refractivity contribution in [1.29, 1.82) is 0 Å². The molecule has 1 aliphatic heterocycles. The molecule has 106 valence electrons. The van der Waals surface area contributed by atoms with Crippen LogP contribution < -0.4 is 10.6 Å². The van der Waals surface area contributed by atoms with Crippen molar-refractivity contribution < 1.29 is 4.79 Å². The van der Waals surface area contributed by atoms with Crippen LogP contribution >= 0.6 is 0 Å². The van der Waals surface area contributed by atoms with E-state index in [2.05, 4.69) is 36.3 Å². The molecule has 1 amide bonds. The van der Waals surface area contributed by atoms with Gasteiger partial charge in [0.15, 0.2) is 0 Å². The lowest BCUT2D eigenvalue weighted by Gasteiger charge is -2.32. The van der Waals surface area contributed by atoms with Crippen molar-refractivity contribution in [2.75, 3.05) is 32.7 Å². The number of hydrogen-bond donors (Lipinski definition) is 2. The van der Waals surface area contributed by atoms with Gasteiger partial charge in [-0.2, -0.15) is 0 Å². The summed E-state index contributed by atoms with van der Waals surface area (Å²) in [6, 6.07) is 0.549. The highest BCUT2D eigenvalue weighted by atomic mass is 16.2. The summed E-state index contributed by atoms with van der Waals surface area (Å²) in [5.41, 5.74) is 0. The van der Waals surface area contributed by atoms with Gasteiger partial charge < -0.3 is 10.6 Å². The Morgan fingerprint density at radius 3 is 2.89 bits per heavy atom. The Morgan fingerprint density at radius 2 is 2.22 bits per heavy atom. The lowest BCUT2D eigenvalue weighted by Crippen LogP contribution is -2.45. The Labute approximate surface area is 111 Å². The molecule has 0 aromatic rings. The second-order valence-corrected chi connectivity index (χ2v) is 5.66. The average molecular weight is 255 g/mol. The van der Waals surface area contributed by atoms with E-state index >= 15 is 0 Å². The van der Waals surface area contributed by atoms with Gasteiger partial charge in [0.2, 0.25) is 5.91 Å². The Kier molecular flexibility index (Phi) is 7.28. The monoisotopic (exact) mass is 255 g/mol. The first-order valence-electron chi connectivity index (χ1n) is 7.34. The van der Waals surface area contributed by atoms with Gasteiger partial charge in [0.05, 0.1) is 6.54 Å². The molecule has 4 nitrogen and oxygen atoms in total. The fourth-order valence-corrected chi connectivity index (χ4v) is 2.39. The molecule has 1 fully saturated rings. The number of hydrogen-bond acceptors (Lipinski definition) is 3. The quantitative estimate of drug-likeness (QED) is 0.719. The number of rotatable bonds is 7. The molecule has 4 heteroatoms. The lowest BCUT2D eigenvalue weighted by atomic mass is 9.98. The maximum absolute atomic E-state index is 11.7. The molecule has 1 saturated heterocycles. The van der Waals surface area contributed by atoms with E-state index in [4.69, 9.17) is 0 Å². The summed E-state index contributed by atoms with van der Waals surface area (Å²) in [5.74, 6) is 0.870. The molecule has 0 aromatic carbocycles. The van der Waals surface area contributed by atoms with Crippen LogP contribution in [-0.2, 0) is 4.79 Å². The van der Waals surface area contributed by atoms with Gasteiger partial charge in [-0.1, -0.05) is 20.8 Å². The van der Waals surface area contributed by atoms with Crippen molar-refractivity contribution in [3.05, 3.63) is 0 Å². The van der Waals surface area contributed by atoms with Crippen LogP contribution in [0.4, 0.5) is 0 Å². The van der Waals surface area contributed by atoms with Gasteiger partial charge in [-0.15, -0.1) is 0 Å². The van der Waals surface area contributed by atoms with E-state index in [1.54, 1.807) is 0 Å². The molecule has 18 heavy (non-hydrogen) atoms. The van der Waals surface area contributed by atoms with Gasteiger partial charge in [-0.25, -0.2) is 0 Å². The molecule has 0 radical (unpaired) electrons. The van der Waals surface area contributed by atoms with E-state index in [0.717, 1.165) is 32.6 Å². The summed E-state index contributed by atoms with van der Waals surface area (Å²) >= 11 is 0. The Balaban J connectivity index is 2.23.